The number of hydrogen-bond donors (Lipinski definition) is 0. The van der Waals surface area contributed by atoms with Crippen LogP contribution >= 0.6 is 0 Å². The van der Waals surface area contributed by atoms with Crippen LogP contribution in [0.5, 0.6) is 0 Å². The van der Waals surface area contributed by atoms with Gasteiger partial charge < -0.3 is 4.74 Å². The summed E-state index contributed by atoms with van der Waals surface area (Å²) in [7, 11) is 0. The smallest absolute Gasteiger partial charge is 0.0466 e. The van der Waals surface area contributed by atoms with Crippen molar-refractivity contribution in [3.63, 3.8) is 0 Å². The van der Waals surface area contributed by atoms with E-state index in [9.17, 15) is 0 Å². The molecule has 0 spiro atoms. The van der Waals surface area contributed by atoms with Crippen molar-refractivity contribution >= 4 is 0 Å². The van der Waals surface area contributed by atoms with Gasteiger partial charge in [-0.25, -0.2) is 0 Å². The van der Waals surface area contributed by atoms with Crippen molar-refractivity contribution in [1.29, 1.82) is 0 Å². The van der Waals surface area contributed by atoms with Crippen LogP contribution in [0, 0.1) is 11.8 Å². The Morgan fingerprint density at radius 3 is 1.32 bits per heavy atom. The molecule has 0 N–H and O–H groups in total. The molecule has 0 aliphatic carbocycles. The SMILES string of the molecule is CC(C)CCCCCCCCCCCCOCCCC(C)C. The lowest BCUT2D eigenvalue weighted by molar-refractivity contribution is 0.124. The van der Waals surface area contributed by atoms with E-state index >= 15 is 0 Å². The van der Waals surface area contributed by atoms with Crippen LogP contribution in [0.2, 0.25) is 0 Å². The van der Waals surface area contributed by atoms with Crippen molar-refractivity contribution in [3.05, 3.63) is 0 Å². The van der Waals surface area contributed by atoms with Crippen LogP contribution < -0.4 is 0 Å². The second kappa shape index (κ2) is 17.3. The first-order chi connectivity index (χ1) is 10.6. The number of unbranched alkanes of at least 4 members (excludes halogenated alkanes) is 9. The molecule has 0 saturated carbocycles. The predicted molar refractivity (Wildman–Crippen MR) is 101 cm³/mol. The second-order valence-corrected chi connectivity index (χ2v) is 7.87. The molecule has 0 bridgehead atoms. The maximum Gasteiger partial charge on any atom is 0.0466 e. The minimum atomic E-state index is 0.818. The van der Waals surface area contributed by atoms with Crippen molar-refractivity contribution in [1.82, 2.24) is 0 Å². The third-order valence-electron chi connectivity index (χ3n) is 4.39. The highest BCUT2D eigenvalue weighted by atomic mass is 16.5. The number of rotatable bonds is 17. The summed E-state index contributed by atoms with van der Waals surface area (Å²) in [5.41, 5.74) is 0. The van der Waals surface area contributed by atoms with Gasteiger partial charge in [0.05, 0.1) is 0 Å². The topological polar surface area (TPSA) is 9.23 Å². The Kier molecular flexibility index (Phi) is 17.3. The largest absolute Gasteiger partial charge is 0.381 e. The normalized spacial score (nSPS) is 11.7. The molecule has 0 rings (SSSR count). The molecular formula is C21H44O. The Labute approximate surface area is 141 Å². The van der Waals surface area contributed by atoms with Gasteiger partial charge in [0.15, 0.2) is 0 Å². The van der Waals surface area contributed by atoms with E-state index in [1.807, 2.05) is 0 Å². The molecule has 0 fully saturated rings. The second-order valence-electron chi connectivity index (χ2n) is 7.87. The lowest BCUT2D eigenvalue weighted by atomic mass is 10.0. The predicted octanol–water partition coefficient (Wildman–Crippen LogP) is 7.39. The summed E-state index contributed by atoms with van der Waals surface area (Å²) in [5.74, 6) is 1.71. The van der Waals surface area contributed by atoms with Gasteiger partial charge >= 0.3 is 0 Å². The maximum atomic E-state index is 5.68. The van der Waals surface area contributed by atoms with Crippen molar-refractivity contribution in [2.24, 2.45) is 11.8 Å². The first-order valence-corrected chi connectivity index (χ1v) is 10.2. The van der Waals surface area contributed by atoms with Gasteiger partial charge in [-0.15, -0.1) is 0 Å². The first kappa shape index (κ1) is 22.0. The fraction of sp³-hybridized carbons (Fsp3) is 1.00. The molecule has 0 unspecified atom stereocenters. The Morgan fingerprint density at radius 2 is 0.818 bits per heavy atom. The van der Waals surface area contributed by atoms with Crippen molar-refractivity contribution < 1.29 is 4.74 Å². The van der Waals surface area contributed by atoms with E-state index in [2.05, 4.69) is 27.7 Å². The molecule has 134 valence electrons. The first-order valence-electron chi connectivity index (χ1n) is 10.2. The van der Waals surface area contributed by atoms with Crippen molar-refractivity contribution in [3.8, 4) is 0 Å². The lowest BCUT2D eigenvalue weighted by Crippen LogP contribution is -1.99. The summed E-state index contributed by atoms with van der Waals surface area (Å²) >= 11 is 0. The molecule has 0 amide bonds. The van der Waals surface area contributed by atoms with Crippen LogP contribution in [-0.2, 0) is 4.74 Å². The summed E-state index contributed by atoms with van der Waals surface area (Å²) < 4.78 is 5.68. The molecule has 0 aromatic heterocycles. The van der Waals surface area contributed by atoms with Crippen LogP contribution in [0.3, 0.4) is 0 Å². The highest BCUT2D eigenvalue weighted by Crippen LogP contribution is 2.13. The van der Waals surface area contributed by atoms with Gasteiger partial charge in [-0.1, -0.05) is 91.9 Å². The van der Waals surface area contributed by atoms with Crippen molar-refractivity contribution in [2.45, 2.75) is 111 Å². The Morgan fingerprint density at radius 1 is 0.455 bits per heavy atom. The molecule has 0 aromatic rings. The van der Waals surface area contributed by atoms with E-state index in [0.717, 1.165) is 25.0 Å². The summed E-state index contributed by atoms with van der Waals surface area (Å²) in [5, 5.41) is 0. The van der Waals surface area contributed by atoms with Gasteiger partial charge in [-0.3, -0.25) is 0 Å². The molecule has 0 aromatic carbocycles. The lowest BCUT2D eigenvalue weighted by Gasteiger charge is -2.06. The zero-order valence-corrected chi connectivity index (χ0v) is 16.2. The van der Waals surface area contributed by atoms with E-state index < -0.39 is 0 Å². The van der Waals surface area contributed by atoms with Gasteiger partial charge in [0.1, 0.15) is 0 Å². The minimum Gasteiger partial charge on any atom is -0.381 e. The van der Waals surface area contributed by atoms with E-state index in [4.69, 9.17) is 4.74 Å². The molecule has 0 radical (unpaired) electrons. The molecular weight excluding hydrogens is 268 g/mol. The van der Waals surface area contributed by atoms with Gasteiger partial charge in [0.2, 0.25) is 0 Å². The third-order valence-corrected chi connectivity index (χ3v) is 4.39. The van der Waals surface area contributed by atoms with Crippen LogP contribution in [0.25, 0.3) is 0 Å². The van der Waals surface area contributed by atoms with Gasteiger partial charge in [-0.05, 0) is 31.1 Å². The quantitative estimate of drug-likeness (QED) is 0.254. The third kappa shape index (κ3) is 20.0. The monoisotopic (exact) mass is 312 g/mol. The molecule has 1 nitrogen and oxygen atoms in total. The van der Waals surface area contributed by atoms with Gasteiger partial charge in [0.25, 0.3) is 0 Å². The molecule has 0 atom stereocenters. The Balaban J connectivity index is 2.97. The average molecular weight is 313 g/mol. The standard InChI is InChI=1S/C21H44O/c1-20(2)16-13-11-9-7-5-6-8-10-12-14-18-22-19-15-17-21(3)4/h20-21H,5-19H2,1-4H3. The van der Waals surface area contributed by atoms with Gasteiger partial charge in [0, 0.05) is 13.2 Å². The van der Waals surface area contributed by atoms with E-state index in [1.54, 1.807) is 0 Å². The van der Waals surface area contributed by atoms with Crippen LogP contribution in [0.1, 0.15) is 111 Å². The van der Waals surface area contributed by atoms with Gasteiger partial charge in [-0.2, -0.15) is 0 Å². The minimum absolute atomic E-state index is 0.818. The molecule has 1 heteroatoms. The van der Waals surface area contributed by atoms with E-state index in [0.29, 0.717) is 0 Å². The highest BCUT2D eigenvalue weighted by molar-refractivity contribution is 4.50. The molecule has 0 aliphatic rings. The summed E-state index contributed by atoms with van der Waals surface area (Å²) in [6, 6.07) is 0. The summed E-state index contributed by atoms with van der Waals surface area (Å²) in [6.45, 7) is 11.2. The molecule has 22 heavy (non-hydrogen) atoms. The summed E-state index contributed by atoms with van der Waals surface area (Å²) in [4.78, 5) is 0. The molecule has 0 aliphatic heterocycles. The zero-order chi connectivity index (χ0) is 16.5. The zero-order valence-electron chi connectivity index (χ0n) is 16.2. The molecule has 0 heterocycles. The van der Waals surface area contributed by atoms with E-state index in [1.165, 1.54) is 83.5 Å². The number of hydrogen-bond acceptors (Lipinski definition) is 1. The Hall–Kier alpha value is -0.0400. The fourth-order valence-corrected chi connectivity index (χ4v) is 2.87. The van der Waals surface area contributed by atoms with Crippen molar-refractivity contribution in [2.75, 3.05) is 13.2 Å². The average Bonchev–Trinajstić information content (AvgIpc) is 2.46. The molecule has 0 saturated heterocycles. The Bertz CT molecular complexity index is 176. The van der Waals surface area contributed by atoms with Crippen LogP contribution in [0.4, 0.5) is 0 Å². The summed E-state index contributed by atoms with van der Waals surface area (Å²) in [6.07, 6.45) is 18.1. The van der Waals surface area contributed by atoms with E-state index in [-0.39, 0.29) is 0 Å². The van der Waals surface area contributed by atoms with Crippen LogP contribution in [-0.4, -0.2) is 13.2 Å². The fourth-order valence-electron chi connectivity index (χ4n) is 2.87. The number of ether oxygens (including phenoxy) is 1. The maximum absolute atomic E-state index is 5.68. The van der Waals surface area contributed by atoms with Crippen LogP contribution in [0.15, 0.2) is 0 Å². The highest BCUT2D eigenvalue weighted by Gasteiger charge is 1.96.